The first-order valence-electron chi connectivity index (χ1n) is 4.95. The van der Waals surface area contributed by atoms with Crippen LogP contribution in [0.2, 0.25) is 10.0 Å². The molecular weight excluding hydrogens is 259 g/mol. The molecule has 0 spiro atoms. The van der Waals surface area contributed by atoms with Crippen LogP contribution < -0.4 is 4.74 Å². The minimum atomic E-state index is 0.000525. The van der Waals surface area contributed by atoms with Gasteiger partial charge in [0.25, 0.3) is 0 Å². The van der Waals surface area contributed by atoms with Gasteiger partial charge < -0.3 is 9.84 Å². The van der Waals surface area contributed by atoms with Crippen molar-refractivity contribution in [3.8, 4) is 22.6 Å². The van der Waals surface area contributed by atoms with Crippen LogP contribution in [0.1, 0.15) is 0 Å². The van der Waals surface area contributed by atoms with Crippen molar-refractivity contribution < 1.29 is 9.84 Å². The minimum absolute atomic E-state index is 0.000525. The third-order valence-corrected chi connectivity index (χ3v) is 2.93. The average molecular weight is 269 g/mol. The van der Waals surface area contributed by atoms with Gasteiger partial charge in [-0.05, 0) is 18.2 Å². The second-order valence-corrected chi connectivity index (χ2v) is 4.33. The highest BCUT2D eigenvalue weighted by Gasteiger charge is 2.13. The molecule has 2 rings (SSSR count). The monoisotopic (exact) mass is 268 g/mol. The van der Waals surface area contributed by atoms with E-state index in [-0.39, 0.29) is 10.8 Å². The van der Waals surface area contributed by atoms with Crippen LogP contribution in [0.5, 0.6) is 11.5 Å². The van der Waals surface area contributed by atoms with Gasteiger partial charge in [0.05, 0.1) is 12.1 Å². The maximum atomic E-state index is 9.95. The van der Waals surface area contributed by atoms with Crippen molar-refractivity contribution in [2.75, 3.05) is 7.11 Å². The summed E-state index contributed by atoms with van der Waals surface area (Å²) in [5.74, 6) is 0.654. The number of halogens is 2. The van der Waals surface area contributed by atoms with E-state index in [1.165, 1.54) is 6.07 Å². The van der Waals surface area contributed by atoms with Gasteiger partial charge in [0.2, 0.25) is 0 Å². The lowest BCUT2D eigenvalue weighted by atomic mass is 10.0. The Hall–Kier alpha value is -1.38. The molecule has 0 fully saturated rings. The van der Waals surface area contributed by atoms with Gasteiger partial charge in [0, 0.05) is 16.1 Å². The zero-order chi connectivity index (χ0) is 12.4. The standard InChI is InChI=1S/C13H10Cl2O2/c1-17-12-5-3-2-4-9(12)10-6-8(14)7-11(15)13(10)16/h2-7,16H,1H3. The van der Waals surface area contributed by atoms with Crippen LogP contribution in [-0.2, 0) is 0 Å². The summed E-state index contributed by atoms with van der Waals surface area (Å²) in [7, 11) is 1.57. The van der Waals surface area contributed by atoms with Crippen LogP contribution in [0, 0.1) is 0 Å². The Morgan fingerprint density at radius 1 is 1.06 bits per heavy atom. The molecule has 2 aromatic rings. The number of hydrogen-bond acceptors (Lipinski definition) is 2. The van der Waals surface area contributed by atoms with E-state index >= 15 is 0 Å². The fraction of sp³-hybridized carbons (Fsp3) is 0.0769. The molecule has 0 saturated carbocycles. The molecule has 2 aromatic carbocycles. The maximum Gasteiger partial charge on any atom is 0.142 e. The molecule has 0 atom stereocenters. The Labute approximate surface area is 109 Å². The molecule has 0 bridgehead atoms. The van der Waals surface area contributed by atoms with Gasteiger partial charge in [0.15, 0.2) is 0 Å². The number of ether oxygens (including phenoxy) is 1. The highest BCUT2D eigenvalue weighted by molar-refractivity contribution is 6.36. The van der Waals surface area contributed by atoms with Crippen molar-refractivity contribution >= 4 is 23.2 Å². The summed E-state index contributed by atoms with van der Waals surface area (Å²) in [6, 6.07) is 10.5. The molecule has 2 nitrogen and oxygen atoms in total. The van der Waals surface area contributed by atoms with Crippen molar-refractivity contribution in [1.82, 2.24) is 0 Å². The van der Waals surface area contributed by atoms with E-state index in [2.05, 4.69) is 0 Å². The Morgan fingerprint density at radius 2 is 1.76 bits per heavy atom. The number of methoxy groups -OCH3 is 1. The number of phenols is 1. The van der Waals surface area contributed by atoms with Gasteiger partial charge in [-0.3, -0.25) is 0 Å². The molecule has 0 aliphatic heterocycles. The molecule has 0 aromatic heterocycles. The number of para-hydroxylation sites is 1. The zero-order valence-electron chi connectivity index (χ0n) is 9.08. The van der Waals surface area contributed by atoms with Crippen molar-refractivity contribution in [1.29, 1.82) is 0 Å². The van der Waals surface area contributed by atoms with Crippen LogP contribution in [0.4, 0.5) is 0 Å². The summed E-state index contributed by atoms with van der Waals surface area (Å²) in [6.07, 6.45) is 0. The second kappa shape index (κ2) is 4.86. The molecule has 0 aliphatic rings. The largest absolute Gasteiger partial charge is 0.506 e. The summed E-state index contributed by atoms with van der Waals surface area (Å²) < 4.78 is 5.24. The Morgan fingerprint density at radius 3 is 2.47 bits per heavy atom. The normalized spacial score (nSPS) is 10.3. The van der Waals surface area contributed by atoms with Crippen molar-refractivity contribution in [2.45, 2.75) is 0 Å². The smallest absolute Gasteiger partial charge is 0.142 e. The third kappa shape index (κ3) is 2.33. The van der Waals surface area contributed by atoms with E-state index in [1.807, 2.05) is 24.3 Å². The van der Waals surface area contributed by atoms with E-state index in [1.54, 1.807) is 13.2 Å². The molecule has 0 unspecified atom stereocenters. The fourth-order valence-corrected chi connectivity index (χ4v) is 2.13. The molecule has 0 saturated heterocycles. The lowest BCUT2D eigenvalue weighted by molar-refractivity contribution is 0.415. The van der Waals surface area contributed by atoms with E-state index < -0.39 is 0 Å². The summed E-state index contributed by atoms with van der Waals surface area (Å²) >= 11 is 11.8. The van der Waals surface area contributed by atoms with E-state index in [0.29, 0.717) is 16.3 Å². The number of aromatic hydroxyl groups is 1. The highest BCUT2D eigenvalue weighted by atomic mass is 35.5. The first-order chi connectivity index (χ1) is 8.13. The van der Waals surface area contributed by atoms with E-state index in [4.69, 9.17) is 27.9 Å². The van der Waals surface area contributed by atoms with E-state index in [0.717, 1.165) is 5.56 Å². The Bertz CT molecular complexity index is 553. The van der Waals surface area contributed by atoms with Crippen molar-refractivity contribution in [3.05, 3.63) is 46.4 Å². The zero-order valence-corrected chi connectivity index (χ0v) is 10.6. The van der Waals surface area contributed by atoms with Gasteiger partial charge in [-0.15, -0.1) is 0 Å². The highest BCUT2D eigenvalue weighted by Crippen LogP contribution is 2.41. The SMILES string of the molecule is COc1ccccc1-c1cc(Cl)cc(Cl)c1O. The predicted octanol–water partition coefficient (Wildman–Crippen LogP) is 4.37. The Balaban J connectivity index is 2.68. The molecule has 0 aliphatic carbocycles. The summed E-state index contributed by atoms with van der Waals surface area (Å²) in [5, 5.41) is 10.6. The summed E-state index contributed by atoms with van der Waals surface area (Å²) in [5.41, 5.74) is 1.30. The van der Waals surface area contributed by atoms with Crippen LogP contribution >= 0.6 is 23.2 Å². The van der Waals surface area contributed by atoms with Crippen LogP contribution in [0.15, 0.2) is 36.4 Å². The first-order valence-corrected chi connectivity index (χ1v) is 5.70. The average Bonchev–Trinajstić information content (AvgIpc) is 2.33. The molecule has 17 heavy (non-hydrogen) atoms. The van der Waals surface area contributed by atoms with Crippen LogP contribution in [0.25, 0.3) is 11.1 Å². The number of rotatable bonds is 2. The molecule has 0 amide bonds. The van der Waals surface area contributed by atoms with Gasteiger partial charge in [-0.25, -0.2) is 0 Å². The minimum Gasteiger partial charge on any atom is -0.506 e. The topological polar surface area (TPSA) is 29.5 Å². The lowest BCUT2D eigenvalue weighted by Crippen LogP contribution is -1.88. The predicted molar refractivity (Wildman–Crippen MR) is 70.1 cm³/mol. The van der Waals surface area contributed by atoms with Gasteiger partial charge in [-0.2, -0.15) is 0 Å². The first kappa shape index (κ1) is 12.1. The molecule has 4 heteroatoms. The number of phenolic OH excluding ortho intramolecular Hbond substituents is 1. The van der Waals surface area contributed by atoms with E-state index in [9.17, 15) is 5.11 Å². The third-order valence-electron chi connectivity index (χ3n) is 2.43. The van der Waals surface area contributed by atoms with Crippen LogP contribution in [0.3, 0.4) is 0 Å². The summed E-state index contributed by atoms with van der Waals surface area (Å²) in [4.78, 5) is 0. The molecule has 0 radical (unpaired) electrons. The maximum absolute atomic E-state index is 9.95. The van der Waals surface area contributed by atoms with Gasteiger partial charge in [-0.1, -0.05) is 41.4 Å². The van der Waals surface area contributed by atoms with Gasteiger partial charge in [0.1, 0.15) is 11.5 Å². The molecule has 0 heterocycles. The summed E-state index contributed by atoms with van der Waals surface area (Å²) in [6.45, 7) is 0. The molecule has 1 N–H and O–H groups in total. The Kier molecular flexibility index (Phi) is 3.46. The second-order valence-electron chi connectivity index (χ2n) is 3.48. The van der Waals surface area contributed by atoms with Crippen LogP contribution in [-0.4, -0.2) is 12.2 Å². The number of hydrogen-bond donors (Lipinski definition) is 1. The number of benzene rings is 2. The lowest BCUT2D eigenvalue weighted by Gasteiger charge is -2.11. The van der Waals surface area contributed by atoms with Crippen molar-refractivity contribution in [2.24, 2.45) is 0 Å². The quantitative estimate of drug-likeness (QED) is 0.876. The van der Waals surface area contributed by atoms with Gasteiger partial charge >= 0.3 is 0 Å². The molecular formula is C13H10Cl2O2. The molecule has 88 valence electrons. The fourth-order valence-electron chi connectivity index (χ4n) is 1.64. The van der Waals surface area contributed by atoms with Crippen molar-refractivity contribution in [3.63, 3.8) is 0 Å².